The van der Waals surface area contributed by atoms with E-state index < -0.39 is 0 Å². The van der Waals surface area contributed by atoms with Gasteiger partial charge in [0.25, 0.3) is 0 Å². The van der Waals surface area contributed by atoms with Crippen LogP contribution in [0, 0.1) is 6.92 Å². The fourth-order valence-electron chi connectivity index (χ4n) is 1.87. The molecule has 19 heavy (non-hydrogen) atoms. The van der Waals surface area contributed by atoms with E-state index in [4.69, 9.17) is 0 Å². The molecular weight excluding hydrogens is 234 g/mol. The summed E-state index contributed by atoms with van der Waals surface area (Å²) in [5.74, 6) is 0.868. The Morgan fingerprint density at radius 3 is 2.32 bits per heavy atom. The second-order valence-electron chi connectivity index (χ2n) is 5.85. The lowest BCUT2D eigenvalue weighted by atomic mass is 9.87. The Morgan fingerprint density at radius 1 is 1.05 bits per heavy atom. The van der Waals surface area contributed by atoms with E-state index in [2.05, 4.69) is 60.3 Å². The first-order valence-corrected chi connectivity index (χ1v) is 6.57. The fraction of sp³-hybridized carbons (Fsp3) is 0.375. The zero-order chi connectivity index (χ0) is 13.9. The summed E-state index contributed by atoms with van der Waals surface area (Å²) in [6.45, 7) is 9.42. The molecule has 0 bridgehead atoms. The number of rotatable bonds is 3. The first kappa shape index (κ1) is 13.5. The minimum Gasteiger partial charge on any atom is -0.366 e. The molecule has 0 aliphatic heterocycles. The van der Waals surface area contributed by atoms with Crippen molar-refractivity contribution in [3.63, 3.8) is 0 Å². The molecule has 0 aliphatic carbocycles. The molecule has 0 fully saturated rings. The number of benzene rings is 1. The van der Waals surface area contributed by atoms with E-state index in [0.717, 1.165) is 18.1 Å². The highest BCUT2D eigenvalue weighted by Crippen LogP contribution is 2.22. The van der Waals surface area contributed by atoms with Crippen LogP contribution in [0.3, 0.4) is 0 Å². The Balaban J connectivity index is 2.01. The van der Waals surface area contributed by atoms with Gasteiger partial charge in [0, 0.05) is 18.3 Å². The van der Waals surface area contributed by atoms with Crippen LogP contribution in [0.25, 0.3) is 0 Å². The van der Waals surface area contributed by atoms with Crippen LogP contribution in [0.4, 0.5) is 5.82 Å². The van der Waals surface area contributed by atoms with Crippen LogP contribution in [-0.2, 0) is 12.0 Å². The number of nitrogens with zero attached hydrogens (tertiary/aromatic N) is 2. The smallest absolute Gasteiger partial charge is 0.129 e. The van der Waals surface area contributed by atoms with Gasteiger partial charge in [-0.3, -0.25) is 0 Å². The van der Waals surface area contributed by atoms with Gasteiger partial charge in [0.05, 0.1) is 0 Å². The standard InChI is InChI=1S/C16H21N3/c1-12-9-15(19-11-18-12)17-10-13-5-7-14(8-6-13)16(2,3)4/h5-9,11H,10H2,1-4H3,(H,17,18,19). The minimum atomic E-state index is 0.204. The maximum atomic E-state index is 4.19. The molecule has 1 aromatic heterocycles. The average molecular weight is 255 g/mol. The van der Waals surface area contributed by atoms with E-state index in [9.17, 15) is 0 Å². The van der Waals surface area contributed by atoms with Gasteiger partial charge in [0.1, 0.15) is 12.1 Å². The van der Waals surface area contributed by atoms with Crippen LogP contribution in [0.2, 0.25) is 0 Å². The van der Waals surface area contributed by atoms with Crippen molar-refractivity contribution in [2.45, 2.75) is 39.7 Å². The van der Waals surface area contributed by atoms with Crippen molar-refractivity contribution >= 4 is 5.82 Å². The maximum absolute atomic E-state index is 4.19. The molecule has 0 spiro atoms. The van der Waals surface area contributed by atoms with Gasteiger partial charge in [0.15, 0.2) is 0 Å². The molecule has 0 aliphatic rings. The predicted octanol–water partition coefficient (Wildman–Crippen LogP) is 3.69. The molecule has 0 unspecified atom stereocenters. The summed E-state index contributed by atoms with van der Waals surface area (Å²) in [6, 6.07) is 10.7. The monoisotopic (exact) mass is 255 g/mol. The fourth-order valence-corrected chi connectivity index (χ4v) is 1.87. The van der Waals surface area contributed by atoms with E-state index in [1.165, 1.54) is 11.1 Å². The lowest BCUT2D eigenvalue weighted by Gasteiger charge is -2.19. The van der Waals surface area contributed by atoms with E-state index in [-0.39, 0.29) is 5.41 Å². The number of hydrogen-bond acceptors (Lipinski definition) is 3. The Bertz CT molecular complexity index is 539. The third kappa shape index (κ3) is 3.78. The van der Waals surface area contributed by atoms with E-state index >= 15 is 0 Å². The number of aryl methyl sites for hydroxylation is 1. The summed E-state index contributed by atoms with van der Waals surface area (Å²) in [7, 11) is 0. The highest BCUT2D eigenvalue weighted by molar-refractivity contribution is 5.36. The summed E-state index contributed by atoms with van der Waals surface area (Å²) in [6.07, 6.45) is 1.58. The molecule has 3 heteroatoms. The van der Waals surface area contributed by atoms with Crippen LogP contribution in [0.5, 0.6) is 0 Å². The highest BCUT2D eigenvalue weighted by atomic mass is 15.0. The van der Waals surface area contributed by atoms with Gasteiger partial charge in [-0.2, -0.15) is 0 Å². The summed E-state index contributed by atoms with van der Waals surface area (Å²) >= 11 is 0. The third-order valence-electron chi connectivity index (χ3n) is 3.10. The number of nitrogens with one attached hydrogen (secondary N) is 1. The molecule has 3 nitrogen and oxygen atoms in total. The Hall–Kier alpha value is -1.90. The number of hydrogen-bond donors (Lipinski definition) is 1. The Morgan fingerprint density at radius 2 is 1.74 bits per heavy atom. The summed E-state index contributed by atoms with van der Waals surface area (Å²) in [4.78, 5) is 8.27. The van der Waals surface area contributed by atoms with Crippen LogP contribution >= 0.6 is 0 Å². The molecule has 0 amide bonds. The van der Waals surface area contributed by atoms with Crippen molar-refractivity contribution in [3.8, 4) is 0 Å². The molecule has 1 N–H and O–H groups in total. The van der Waals surface area contributed by atoms with Gasteiger partial charge in [-0.25, -0.2) is 9.97 Å². The Kier molecular flexibility index (Phi) is 3.84. The van der Waals surface area contributed by atoms with Crippen molar-refractivity contribution < 1.29 is 0 Å². The first-order chi connectivity index (χ1) is 8.95. The average Bonchev–Trinajstić information content (AvgIpc) is 2.36. The second kappa shape index (κ2) is 5.39. The van der Waals surface area contributed by atoms with Crippen molar-refractivity contribution in [2.24, 2.45) is 0 Å². The van der Waals surface area contributed by atoms with E-state index in [1.807, 2.05) is 13.0 Å². The van der Waals surface area contributed by atoms with E-state index in [0.29, 0.717) is 0 Å². The molecule has 100 valence electrons. The number of aromatic nitrogens is 2. The van der Waals surface area contributed by atoms with Gasteiger partial charge in [-0.05, 0) is 23.5 Å². The molecule has 2 rings (SSSR count). The summed E-state index contributed by atoms with van der Waals surface area (Å²) in [5, 5.41) is 3.31. The van der Waals surface area contributed by atoms with Crippen molar-refractivity contribution in [2.75, 3.05) is 5.32 Å². The maximum Gasteiger partial charge on any atom is 0.129 e. The summed E-state index contributed by atoms with van der Waals surface area (Å²) < 4.78 is 0. The number of anilines is 1. The zero-order valence-electron chi connectivity index (χ0n) is 12.1. The van der Waals surface area contributed by atoms with Gasteiger partial charge in [-0.15, -0.1) is 0 Å². The quantitative estimate of drug-likeness (QED) is 0.908. The first-order valence-electron chi connectivity index (χ1n) is 6.57. The van der Waals surface area contributed by atoms with Crippen molar-refractivity contribution in [1.29, 1.82) is 0 Å². The highest BCUT2D eigenvalue weighted by Gasteiger charge is 2.12. The lowest BCUT2D eigenvalue weighted by molar-refractivity contribution is 0.590. The SMILES string of the molecule is Cc1cc(NCc2ccc(C(C)(C)C)cc2)ncn1. The second-order valence-corrected chi connectivity index (χ2v) is 5.85. The molecule has 2 aromatic rings. The lowest BCUT2D eigenvalue weighted by Crippen LogP contribution is -2.11. The van der Waals surface area contributed by atoms with E-state index in [1.54, 1.807) is 6.33 Å². The summed E-state index contributed by atoms with van der Waals surface area (Å²) in [5.41, 5.74) is 3.79. The van der Waals surface area contributed by atoms with Crippen LogP contribution in [0.15, 0.2) is 36.7 Å². The predicted molar refractivity (Wildman–Crippen MR) is 79.2 cm³/mol. The molecule has 0 radical (unpaired) electrons. The molecular formula is C16H21N3. The minimum absolute atomic E-state index is 0.204. The topological polar surface area (TPSA) is 37.8 Å². The van der Waals surface area contributed by atoms with Gasteiger partial charge >= 0.3 is 0 Å². The van der Waals surface area contributed by atoms with Gasteiger partial charge < -0.3 is 5.32 Å². The molecule has 0 saturated carbocycles. The zero-order valence-corrected chi connectivity index (χ0v) is 12.1. The molecule has 1 heterocycles. The van der Waals surface area contributed by atoms with Crippen molar-refractivity contribution in [1.82, 2.24) is 9.97 Å². The van der Waals surface area contributed by atoms with Crippen LogP contribution < -0.4 is 5.32 Å². The molecule has 0 saturated heterocycles. The molecule has 0 atom stereocenters. The normalized spacial score (nSPS) is 11.4. The third-order valence-corrected chi connectivity index (χ3v) is 3.10. The molecule has 1 aromatic carbocycles. The van der Waals surface area contributed by atoms with Crippen LogP contribution in [-0.4, -0.2) is 9.97 Å². The largest absolute Gasteiger partial charge is 0.366 e. The van der Waals surface area contributed by atoms with Gasteiger partial charge in [-0.1, -0.05) is 45.0 Å². The van der Waals surface area contributed by atoms with Crippen molar-refractivity contribution in [3.05, 3.63) is 53.5 Å². The van der Waals surface area contributed by atoms with Gasteiger partial charge in [0.2, 0.25) is 0 Å². The van der Waals surface area contributed by atoms with Crippen LogP contribution in [0.1, 0.15) is 37.6 Å². The Labute approximate surface area is 115 Å².